The van der Waals surface area contributed by atoms with E-state index in [1.807, 2.05) is 0 Å². The van der Waals surface area contributed by atoms with Gasteiger partial charge in [-0.15, -0.1) is 6.42 Å². The predicted octanol–water partition coefficient (Wildman–Crippen LogP) is 1.08. The molecule has 1 rings (SSSR count). The van der Waals surface area contributed by atoms with E-state index in [4.69, 9.17) is 6.42 Å². The molecule has 1 atom stereocenters. The quantitative estimate of drug-likeness (QED) is 0.651. The van der Waals surface area contributed by atoms with Crippen molar-refractivity contribution in [2.24, 2.45) is 0 Å². The minimum absolute atomic E-state index is 0.298. The molecule has 1 aliphatic rings. The minimum atomic E-state index is 0.298. The fraction of sp³-hybridized carbons (Fsp3) is 0.818. The molecule has 1 fully saturated rings. The molecule has 13 heavy (non-hydrogen) atoms. The highest BCUT2D eigenvalue weighted by Crippen LogP contribution is 2.19. The monoisotopic (exact) mass is 180 g/mol. The zero-order valence-electron chi connectivity index (χ0n) is 8.77. The summed E-state index contributed by atoms with van der Waals surface area (Å²) in [4.78, 5) is 2.32. The van der Waals surface area contributed by atoms with Crippen molar-refractivity contribution >= 4 is 0 Å². The maximum Gasteiger partial charge on any atom is 0.0599 e. The maximum absolute atomic E-state index is 5.31. The Morgan fingerprint density at radius 1 is 1.62 bits per heavy atom. The van der Waals surface area contributed by atoms with Crippen LogP contribution in [0.15, 0.2) is 0 Å². The topological polar surface area (TPSA) is 15.3 Å². The second kappa shape index (κ2) is 4.64. The summed E-state index contributed by atoms with van der Waals surface area (Å²) in [7, 11) is 0. The Hall–Kier alpha value is -0.520. The molecule has 0 aromatic heterocycles. The van der Waals surface area contributed by atoms with Crippen molar-refractivity contribution in [3.8, 4) is 12.3 Å². The van der Waals surface area contributed by atoms with Crippen LogP contribution in [-0.2, 0) is 0 Å². The van der Waals surface area contributed by atoms with Crippen molar-refractivity contribution in [1.29, 1.82) is 0 Å². The molecule has 1 unspecified atom stereocenters. The van der Waals surface area contributed by atoms with E-state index in [1.54, 1.807) is 0 Å². The van der Waals surface area contributed by atoms with Crippen LogP contribution in [0.2, 0.25) is 0 Å². The fourth-order valence-corrected chi connectivity index (χ4v) is 1.99. The van der Waals surface area contributed by atoms with Gasteiger partial charge >= 0.3 is 0 Å². The van der Waals surface area contributed by atoms with E-state index in [9.17, 15) is 0 Å². The van der Waals surface area contributed by atoms with Gasteiger partial charge in [-0.1, -0.05) is 12.8 Å². The SMILES string of the molecule is C#CCN(CC)CC1(C)CCCN1. The van der Waals surface area contributed by atoms with E-state index >= 15 is 0 Å². The summed E-state index contributed by atoms with van der Waals surface area (Å²) in [6, 6.07) is 0. The normalized spacial score (nSPS) is 27.8. The van der Waals surface area contributed by atoms with Crippen molar-refractivity contribution in [2.45, 2.75) is 32.2 Å². The van der Waals surface area contributed by atoms with Crippen molar-refractivity contribution in [3.05, 3.63) is 0 Å². The van der Waals surface area contributed by atoms with Crippen LogP contribution in [0.25, 0.3) is 0 Å². The van der Waals surface area contributed by atoms with Crippen molar-refractivity contribution in [3.63, 3.8) is 0 Å². The van der Waals surface area contributed by atoms with Crippen LogP contribution in [0.3, 0.4) is 0 Å². The summed E-state index contributed by atoms with van der Waals surface area (Å²) in [5.41, 5.74) is 0.298. The Morgan fingerprint density at radius 3 is 2.85 bits per heavy atom. The first-order chi connectivity index (χ1) is 6.20. The predicted molar refractivity (Wildman–Crippen MR) is 56.6 cm³/mol. The molecular weight excluding hydrogens is 160 g/mol. The van der Waals surface area contributed by atoms with E-state index in [0.29, 0.717) is 5.54 Å². The molecular formula is C11H20N2. The zero-order valence-corrected chi connectivity index (χ0v) is 8.77. The molecule has 0 aromatic carbocycles. The first kappa shape index (κ1) is 10.6. The van der Waals surface area contributed by atoms with Gasteiger partial charge in [0.2, 0.25) is 0 Å². The smallest absolute Gasteiger partial charge is 0.0599 e. The lowest BCUT2D eigenvalue weighted by Gasteiger charge is -2.30. The third-order valence-electron chi connectivity index (χ3n) is 2.79. The molecule has 0 aliphatic carbocycles. The van der Waals surface area contributed by atoms with Gasteiger partial charge in [0.15, 0.2) is 0 Å². The molecule has 0 radical (unpaired) electrons. The van der Waals surface area contributed by atoms with Gasteiger partial charge < -0.3 is 5.32 Å². The minimum Gasteiger partial charge on any atom is -0.310 e. The number of nitrogens with zero attached hydrogens (tertiary/aromatic N) is 1. The second-order valence-corrected chi connectivity index (χ2v) is 4.10. The molecule has 0 aromatic rings. The van der Waals surface area contributed by atoms with Crippen LogP contribution in [0.4, 0.5) is 0 Å². The lowest BCUT2D eigenvalue weighted by atomic mass is 10.00. The summed E-state index contributed by atoms with van der Waals surface area (Å²) in [6.07, 6.45) is 7.88. The van der Waals surface area contributed by atoms with Gasteiger partial charge in [-0.3, -0.25) is 4.90 Å². The second-order valence-electron chi connectivity index (χ2n) is 4.10. The summed E-state index contributed by atoms with van der Waals surface area (Å²) in [5, 5.41) is 3.55. The zero-order chi connectivity index (χ0) is 9.73. The number of hydrogen-bond acceptors (Lipinski definition) is 2. The molecule has 2 nitrogen and oxygen atoms in total. The highest BCUT2D eigenvalue weighted by atomic mass is 15.2. The first-order valence-corrected chi connectivity index (χ1v) is 5.11. The van der Waals surface area contributed by atoms with E-state index in [0.717, 1.165) is 26.2 Å². The molecule has 1 heterocycles. The van der Waals surface area contributed by atoms with E-state index in [2.05, 4.69) is 30.0 Å². The van der Waals surface area contributed by atoms with Gasteiger partial charge in [0.1, 0.15) is 0 Å². The number of terminal acetylenes is 1. The molecule has 0 bridgehead atoms. The van der Waals surface area contributed by atoms with Crippen LogP contribution >= 0.6 is 0 Å². The third kappa shape index (κ3) is 3.02. The van der Waals surface area contributed by atoms with Crippen LogP contribution in [0, 0.1) is 12.3 Å². The summed E-state index contributed by atoms with van der Waals surface area (Å²) in [6.45, 7) is 8.50. The van der Waals surface area contributed by atoms with Crippen LogP contribution in [-0.4, -0.2) is 36.6 Å². The fourth-order valence-electron chi connectivity index (χ4n) is 1.99. The van der Waals surface area contributed by atoms with Gasteiger partial charge in [-0.25, -0.2) is 0 Å². The number of likely N-dealkylation sites (N-methyl/N-ethyl adjacent to an activating group) is 1. The number of nitrogens with one attached hydrogen (secondary N) is 1. The van der Waals surface area contributed by atoms with Crippen molar-refractivity contribution < 1.29 is 0 Å². The van der Waals surface area contributed by atoms with Crippen molar-refractivity contribution in [1.82, 2.24) is 10.2 Å². The standard InChI is InChI=1S/C11H20N2/c1-4-9-13(5-2)10-11(3)7-6-8-12-11/h1,12H,5-10H2,2-3H3. The Bertz CT molecular complexity index is 187. The third-order valence-corrected chi connectivity index (χ3v) is 2.79. The highest BCUT2D eigenvalue weighted by molar-refractivity contribution is 4.95. The lowest BCUT2D eigenvalue weighted by molar-refractivity contribution is 0.232. The Morgan fingerprint density at radius 2 is 2.38 bits per heavy atom. The Balaban J connectivity index is 2.40. The van der Waals surface area contributed by atoms with Crippen LogP contribution < -0.4 is 5.32 Å². The average Bonchev–Trinajstić information content (AvgIpc) is 2.51. The summed E-state index contributed by atoms with van der Waals surface area (Å²) >= 11 is 0. The largest absolute Gasteiger partial charge is 0.310 e. The van der Waals surface area contributed by atoms with Crippen molar-refractivity contribution in [2.75, 3.05) is 26.2 Å². The first-order valence-electron chi connectivity index (χ1n) is 5.11. The Labute approximate surface area is 81.7 Å². The van der Waals surface area contributed by atoms with Crippen LogP contribution in [0.5, 0.6) is 0 Å². The Kier molecular flexibility index (Phi) is 3.77. The number of hydrogen-bond donors (Lipinski definition) is 1. The summed E-state index contributed by atoms with van der Waals surface area (Å²) < 4.78 is 0. The van der Waals surface area contributed by atoms with Gasteiger partial charge in [0.25, 0.3) is 0 Å². The molecule has 1 saturated heterocycles. The lowest BCUT2D eigenvalue weighted by Crippen LogP contribution is -2.47. The average molecular weight is 180 g/mol. The van der Waals surface area contributed by atoms with Gasteiger partial charge in [0.05, 0.1) is 6.54 Å². The molecule has 0 spiro atoms. The molecule has 74 valence electrons. The van der Waals surface area contributed by atoms with E-state index < -0.39 is 0 Å². The van der Waals surface area contributed by atoms with E-state index in [1.165, 1.54) is 12.8 Å². The molecule has 0 saturated carbocycles. The highest BCUT2D eigenvalue weighted by Gasteiger charge is 2.29. The molecule has 2 heteroatoms. The number of rotatable bonds is 4. The summed E-state index contributed by atoms with van der Waals surface area (Å²) in [5.74, 6) is 2.71. The van der Waals surface area contributed by atoms with E-state index in [-0.39, 0.29) is 0 Å². The molecule has 1 N–H and O–H groups in total. The molecule has 1 aliphatic heterocycles. The van der Waals surface area contributed by atoms with Crippen LogP contribution in [0.1, 0.15) is 26.7 Å². The molecule has 0 amide bonds. The van der Waals surface area contributed by atoms with Gasteiger partial charge in [0, 0.05) is 12.1 Å². The maximum atomic E-state index is 5.31. The van der Waals surface area contributed by atoms with Gasteiger partial charge in [-0.05, 0) is 32.9 Å². The van der Waals surface area contributed by atoms with Gasteiger partial charge in [-0.2, -0.15) is 0 Å².